The van der Waals surface area contributed by atoms with Crippen molar-refractivity contribution in [3.8, 4) is 0 Å². The van der Waals surface area contributed by atoms with Crippen molar-refractivity contribution in [2.45, 2.75) is 82.3 Å². The molecule has 3 aliphatic rings. The van der Waals surface area contributed by atoms with E-state index >= 15 is 0 Å². The van der Waals surface area contributed by atoms with Gasteiger partial charge in [0.25, 0.3) is 5.56 Å². The van der Waals surface area contributed by atoms with Crippen LogP contribution in [0.5, 0.6) is 0 Å². The lowest BCUT2D eigenvalue weighted by atomic mass is 9.93. The largest absolute Gasteiger partial charge is 0.480 e. The number of hydrogen-bond donors (Lipinski definition) is 2. The molecule has 0 bridgehead atoms. The molecule has 0 radical (unpaired) electrons. The van der Waals surface area contributed by atoms with Gasteiger partial charge in [0.05, 0.1) is 17.6 Å². The van der Waals surface area contributed by atoms with Crippen molar-refractivity contribution in [2.75, 3.05) is 37.6 Å². The molecule has 2 aromatic rings. The number of likely N-dealkylation sites (tertiary alicyclic amines) is 1. The van der Waals surface area contributed by atoms with Crippen LogP contribution in [0.1, 0.15) is 70.3 Å². The van der Waals surface area contributed by atoms with Crippen LogP contribution in [0.25, 0.3) is 11.0 Å². The molecule has 2 N–H and O–H groups in total. The van der Waals surface area contributed by atoms with E-state index in [0.717, 1.165) is 43.4 Å². The summed E-state index contributed by atoms with van der Waals surface area (Å²) in [5, 5.41) is 12.1. The average Bonchev–Trinajstić information content (AvgIpc) is 3.31. The van der Waals surface area contributed by atoms with E-state index in [1.807, 2.05) is 33.7 Å². The highest BCUT2D eigenvalue weighted by Crippen LogP contribution is 2.30. The summed E-state index contributed by atoms with van der Waals surface area (Å²) >= 11 is 0. The van der Waals surface area contributed by atoms with Crippen LogP contribution in [0.4, 0.5) is 5.82 Å². The molecule has 8 nitrogen and oxygen atoms in total. The number of aromatic nitrogens is 2. The Hall–Kier alpha value is -2.45. The second kappa shape index (κ2) is 11.1. The minimum absolute atomic E-state index is 0.00742. The number of carbonyl (C=O) groups is 1. The fourth-order valence-electron chi connectivity index (χ4n) is 6.37. The van der Waals surface area contributed by atoms with Crippen LogP contribution in [0, 0.1) is 0 Å². The topological polar surface area (TPSA) is 90.7 Å². The third-order valence-corrected chi connectivity index (χ3v) is 8.26. The van der Waals surface area contributed by atoms with E-state index < -0.39 is 5.97 Å². The van der Waals surface area contributed by atoms with E-state index in [1.165, 1.54) is 44.9 Å². The molecule has 3 fully saturated rings. The Bertz CT molecular complexity index is 1070. The van der Waals surface area contributed by atoms with Gasteiger partial charge in [-0.1, -0.05) is 44.2 Å². The second-order valence-electron chi connectivity index (χ2n) is 10.6. The molecular weight excluding hydrogens is 442 g/mol. The second-order valence-corrected chi connectivity index (χ2v) is 10.6. The summed E-state index contributed by atoms with van der Waals surface area (Å²) in [5.41, 5.74) is 1.77. The van der Waals surface area contributed by atoms with Crippen molar-refractivity contribution in [3.63, 3.8) is 0 Å². The first-order valence-electron chi connectivity index (χ1n) is 13.6. The van der Waals surface area contributed by atoms with Gasteiger partial charge in [0.15, 0.2) is 5.82 Å². The highest BCUT2D eigenvalue weighted by Gasteiger charge is 2.31. The zero-order valence-electron chi connectivity index (χ0n) is 20.7. The average molecular weight is 482 g/mol. The smallest absolute Gasteiger partial charge is 0.317 e. The highest BCUT2D eigenvalue weighted by atomic mass is 16.4. The number of carboxylic acids is 1. The molecule has 1 atom stereocenters. The fraction of sp³-hybridized carbons (Fsp3) is 0.667. The van der Waals surface area contributed by atoms with Gasteiger partial charge < -0.3 is 24.8 Å². The van der Waals surface area contributed by atoms with Gasteiger partial charge in [0, 0.05) is 44.3 Å². The Labute approximate surface area is 207 Å². The molecule has 0 spiro atoms. The van der Waals surface area contributed by atoms with Crippen LogP contribution < -0.4 is 15.8 Å². The molecule has 1 aliphatic carbocycles. The van der Waals surface area contributed by atoms with Gasteiger partial charge in [-0.15, -0.1) is 0 Å². The first kappa shape index (κ1) is 24.3. The number of carboxylic acid groups (broad SMARTS) is 1. The minimum atomic E-state index is -0.861. The number of nitrogens with zero attached hydrogens (tertiary/aromatic N) is 4. The van der Waals surface area contributed by atoms with Crippen molar-refractivity contribution in [3.05, 3.63) is 34.6 Å². The third-order valence-electron chi connectivity index (χ3n) is 8.26. The minimum Gasteiger partial charge on any atom is -0.480 e. The summed E-state index contributed by atoms with van der Waals surface area (Å²) < 4.78 is 2.02. The van der Waals surface area contributed by atoms with Crippen LogP contribution in [0.2, 0.25) is 0 Å². The van der Waals surface area contributed by atoms with Gasteiger partial charge in [-0.3, -0.25) is 9.59 Å². The normalized spacial score (nSPS) is 23.4. The summed E-state index contributed by atoms with van der Waals surface area (Å²) in [7, 11) is 0. The lowest BCUT2D eigenvalue weighted by molar-refractivity contribution is -0.136. The van der Waals surface area contributed by atoms with Gasteiger partial charge in [-0.2, -0.15) is 0 Å². The van der Waals surface area contributed by atoms with Crippen molar-refractivity contribution >= 4 is 22.8 Å². The van der Waals surface area contributed by atoms with E-state index in [2.05, 4.69) is 10.2 Å². The Morgan fingerprint density at radius 1 is 0.943 bits per heavy atom. The van der Waals surface area contributed by atoms with E-state index in [0.29, 0.717) is 24.9 Å². The number of hydrogen-bond acceptors (Lipinski definition) is 6. The molecule has 8 heteroatoms. The molecule has 1 aromatic carbocycles. The molecule has 0 unspecified atom stereocenters. The van der Waals surface area contributed by atoms with E-state index in [1.54, 1.807) is 0 Å². The highest BCUT2D eigenvalue weighted by molar-refractivity contribution is 5.76. The predicted octanol–water partition coefficient (Wildman–Crippen LogP) is 3.40. The summed E-state index contributed by atoms with van der Waals surface area (Å²) in [4.78, 5) is 34.3. The van der Waals surface area contributed by atoms with Crippen molar-refractivity contribution < 1.29 is 9.90 Å². The Kier molecular flexibility index (Phi) is 7.68. The molecule has 1 saturated carbocycles. The molecule has 5 rings (SSSR count). The lowest BCUT2D eigenvalue weighted by Crippen LogP contribution is -2.44. The first-order chi connectivity index (χ1) is 17.1. The fourth-order valence-corrected chi connectivity index (χ4v) is 6.37. The van der Waals surface area contributed by atoms with Gasteiger partial charge in [-0.25, -0.2) is 4.98 Å². The zero-order chi connectivity index (χ0) is 24.2. The maximum Gasteiger partial charge on any atom is 0.317 e. The summed E-state index contributed by atoms with van der Waals surface area (Å²) in [6, 6.07) is 8.93. The SMILES string of the molecule is O=C(O)CN[C@H]1CCN(c2nc3ccccc3n(C3CCN(C4CCCCCCC4)CC3)c2=O)C1. The number of aliphatic carboxylic acids is 1. The molecule has 3 heterocycles. The van der Waals surface area contributed by atoms with Crippen LogP contribution in [0.3, 0.4) is 0 Å². The van der Waals surface area contributed by atoms with Gasteiger partial charge in [-0.05, 0) is 44.2 Å². The monoisotopic (exact) mass is 481 g/mol. The first-order valence-corrected chi connectivity index (χ1v) is 13.6. The maximum atomic E-state index is 13.8. The van der Waals surface area contributed by atoms with E-state index in [4.69, 9.17) is 10.1 Å². The maximum absolute atomic E-state index is 13.8. The predicted molar refractivity (Wildman–Crippen MR) is 138 cm³/mol. The number of nitrogens with one attached hydrogen (secondary N) is 1. The van der Waals surface area contributed by atoms with Crippen LogP contribution in [0.15, 0.2) is 29.1 Å². The van der Waals surface area contributed by atoms with E-state index in [9.17, 15) is 9.59 Å². The molecule has 35 heavy (non-hydrogen) atoms. The van der Waals surface area contributed by atoms with Crippen molar-refractivity contribution in [1.29, 1.82) is 0 Å². The number of piperidine rings is 1. The quantitative estimate of drug-likeness (QED) is 0.653. The van der Waals surface area contributed by atoms with Gasteiger partial charge in [0.1, 0.15) is 0 Å². The third kappa shape index (κ3) is 5.54. The number of rotatable bonds is 6. The van der Waals surface area contributed by atoms with E-state index in [-0.39, 0.29) is 24.2 Å². The number of anilines is 1. The lowest BCUT2D eigenvalue weighted by Gasteiger charge is -2.39. The summed E-state index contributed by atoms with van der Waals surface area (Å²) in [6.45, 7) is 3.36. The van der Waals surface area contributed by atoms with Crippen LogP contribution >= 0.6 is 0 Å². The standard InChI is InChI=1S/C27H39N5O3/c33-25(34)18-28-20-12-15-31(19-20)26-27(35)32(24-11-7-6-10-23(24)29-26)22-13-16-30(17-14-22)21-8-4-2-1-3-5-9-21/h6-7,10-11,20-22,28H,1-5,8-9,12-19H2,(H,33,34)/t20-/m0/s1. The van der Waals surface area contributed by atoms with Crippen molar-refractivity contribution in [2.24, 2.45) is 0 Å². The van der Waals surface area contributed by atoms with Gasteiger partial charge in [0.2, 0.25) is 0 Å². The number of benzene rings is 1. The number of fused-ring (bicyclic) bond motifs is 1. The Morgan fingerprint density at radius 2 is 1.66 bits per heavy atom. The summed E-state index contributed by atoms with van der Waals surface area (Å²) in [5.74, 6) is -0.355. The molecule has 2 saturated heterocycles. The molecular formula is C27H39N5O3. The number of para-hydroxylation sites is 2. The van der Waals surface area contributed by atoms with Crippen molar-refractivity contribution in [1.82, 2.24) is 19.8 Å². The Balaban J connectivity index is 1.35. The van der Waals surface area contributed by atoms with Crippen LogP contribution in [-0.2, 0) is 4.79 Å². The summed E-state index contributed by atoms with van der Waals surface area (Å²) in [6.07, 6.45) is 12.3. The van der Waals surface area contributed by atoms with Crippen LogP contribution in [-0.4, -0.2) is 70.3 Å². The molecule has 0 amide bonds. The Morgan fingerprint density at radius 3 is 2.40 bits per heavy atom. The molecule has 1 aromatic heterocycles. The zero-order valence-corrected chi connectivity index (χ0v) is 20.7. The molecule has 2 aliphatic heterocycles. The molecule has 190 valence electrons. The van der Waals surface area contributed by atoms with Gasteiger partial charge >= 0.3 is 5.97 Å².